The molecule has 2 aromatic rings. The number of nitrogens with zero attached hydrogens (tertiary/aromatic N) is 4. The number of carbonyl (C=O) groups excluding carboxylic acids is 1. The SMILES string of the molecule is CN1CC[C@H]2C[C@H]1C(=O)NCC(F)(F)COc1c(C3CN=C(CO)S3)ccc3ncc(nc13)N2. The maximum absolute atomic E-state index is 14.8. The first-order chi connectivity index (χ1) is 16.3. The number of aliphatic hydroxyl groups excluding tert-OH is 1. The smallest absolute Gasteiger partial charge is 0.298 e. The summed E-state index contributed by atoms with van der Waals surface area (Å²) in [7, 11) is 1.82. The van der Waals surface area contributed by atoms with Crippen LogP contribution in [-0.4, -0.2) is 88.8 Å². The Hall–Kier alpha value is -2.57. The summed E-state index contributed by atoms with van der Waals surface area (Å²) in [5.41, 5.74) is 1.59. The van der Waals surface area contributed by atoms with Crippen molar-refractivity contribution in [2.24, 2.45) is 4.99 Å². The van der Waals surface area contributed by atoms with E-state index < -0.39 is 31.0 Å². The van der Waals surface area contributed by atoms with E-state index >= 15 is 0 Å². The Morgan fingerprint density at radius 2 is 2.24 bits per heavy atom. The first-order valence-corrected chi connectivity index (χ1v) is 12.1. The predicted molar refractivity (Wildman–Crippen MR) is 126 cm³/mol. The maximum Gasteiger partial charge on any atom is 0.298 e. The fourth-order valence-corrected chi connectivity index (χ4v) is 5.52. The van der Waals surface area contributed by atoms with Gasteiger partial charge in [-0.05, 0) is 26.0 Å². The highest BCUT2D eigenvalue weighted by Crippen LogP contribution is 2.42. The van der Waals surface area contributed by atoms with Crippen molar-refractivity contribution in [2.45, 2.75) is 36.1 Å². The van der Waals surface area contributed by atoms with Gasteiger partial charge < -0.3 is 20.5 Å². The van der Waals surface area contributed by atoms with Crippen LogP contribution in [0.3, 0.4) is 0 Å². The van der Waals surface area contributed by atoms with Crippen LogP contribution in [-0.2, 0) is 4.79 Å². The molecule has 3 atom stereocenters. The molecule has 3 aliphatic rings. The second-order valence-corrected chi connectivity index (χ2v) is 10.1. The van der Waals surface area contributed by atoms with Crippen LogP contribution in [0.25, 0.3) is 11.0 Å². The van der Waals surface area contributed by atoms with Gasteiger partial charge in [-0.1, -0.05) is 17.8 Å². The first-order valence-electron chi connectivity index (χ1n) is 11.2. The summed E-state index contributed by atoms with van der Waals surface area (Å²) in [5.74, 6) is -2.99. The molecule has 3 N–H and O–H groups in total. The summed E-state index contributed by atoms with van der Waals surface area (Å²) in [6, 6.07) is 3.01. The number of likely N-dealkylation sites (N-methyl/N-ethyl adjacent to an activating group) is 1. The van der Waals surface area contributed by atoms with Gasteiger partial charge in [-0.15, -0.1) is 0 Å². The van der Waals surface area contributed by atoms with E-state index in [4.69, 9.17) is 9.72 Å². The zero-order valence-electron chi connectivity index (χ0n) is 18.6. The molecule has 1 saturated heterocycles. The summed E-state index contributed by atoms with van der Waals surface area (Å²) in [4.78, 5) is 28.1. The van der Waals surface area contributed by atoms with Gasteiger partial charge in [0.25, 0.3) is 5.92 Å². The third-order valence-corrected chi connectivity index (χ3v) is 7.58. The lowest BCUT2D eigenvalue weighted by atomic mass is 9.97. The number of aliphatic hydroxyl groups is 1. The van der Waals surface area contributed by atoms with E-state index in [1.54, 1.807) is 18.3 Å². The number of anilines is 1. The molecule has 1 unspecified atom stereocenters. The predicted octanol–water partition coefficient (Wildman–Crippen LogP) is 1.83. The van der Waals surface area contributed by atoms with E-state index in [1.807, 2.05) is 11.9 Å². The minimum absolute atomic E-state index is 0.0550. The molecule has 1 aromatic carbocycles. The van der Waals surface area contributed by atoms with Crippen molar-refractivity contribution >= 4 is 39.6 Å². The van der Waals surface area contributed by atoms with Gasteiger partial charge >= 0.3 is 0 Å². The first kappa shape index (κ1) is 23.2. The average molecular weight is 493 g/mol. The van der Waals surface area contributed by atoms with Crippen molar-refractivity contribution in [1.29, 1.82) is 0 Å². The molecule has 9 nitrogen and oxygen atoms in total. The van der Waals surface area contributed by atoms with Gasteiger partial charge in [0.05, 0.1) is 47.7 Å². The summed E-state index contributed by atoms with van der Waals surface area (Å²) in [6.45, 7) is -0.864. The topological polar surface area (TPSA) is 112 Å². The van der Waals surface area contributed by atoms with Gasteiger partial charge in [-0.2, -0.15) is 0 Å². The number of hydrogen-bond donors (Lipinski definition) is 3. The number of likely N-dealkylation sites (tertiary alicyclic amines) is 1. The molecule has 182 valence electrons. The number of fused-ring (bicyclic) bond motifs is 3. The normalized spacial score (nSPS) is 27.5. The number of aliphatic imine (C=N–C) groups is 1. The summed E-state index contributed by atoms with van der Waals surface area (Å²) in [6.07, 6.45) is 2.85. The van der Waals surface area contributed by atoms with Crippen LogP contribution in [0.2, 0.25) is 0 Å². The van der Waals surface area contributed by atoms with Gasteiger partial charge in [0, 0.05) is 18.2 Å². The number of hydrogen-bond acceptors (Lipinski definition) is 9. The highest BCUT2D eigenvalue weighted by atomic mass is 32.2. The number of ether oxygens (including phenoxy) is 1. The van der Waals surface area contributed by atoms with E-state index in [2.05, 4.69) is 20.6 Å². The molecule has 34 heavy (non-hydrogen) atoms. The highest BCUT2D eigenvalue weighted by Gasteiger charge is 2.37. The molecule has 3 aliphatic heterocycles. The monoisotopic (exact) mass is 492 g/mol. The number of amides is 1. The lowest BCUT2D eigenvalue weighted by Gasteiger charge is -2.37. The van der Waals surface area contributed by atoms with E-state index in [0.717, 1.165) is 6.42 Å². The van der Waals surface area contributed by atoms with Crippen LogP contribution >= 0.6 is 11.8 Å². The summed E-state index contributed by atoms with van der Waals surface area (Å²) in [5, 5.41) is 15.6. The number of rotatable bonds is 2. The molecule has 4 bridgehead atoms. The van der Waals surface area contributed by atoms with E-state index in [9.17, 15) is 18.7 Å². The fourth-order valence-electron chi connectivity index (χ4n) is 4.51. The zero-order chi connectivity index (χ0) is 23.9. The number of piperidine rings is 1. The van der Waals surface area contributed by atoms with Crippen LogP contribution in [0.1, 0.15) is 23.7 Å². The van der Waals surface area contributed by atoms with Crippen LogP contribution in [0, 0.1) is 0 Å². The van der Waals surface area contributed by atoms with Crippen molar-refractivity contribution in [3.63, 3.8) is 0 Å². The highest BCUT2D eigenvalue weighted by molar-refractivity contribution is 8.14. The largest absolute Gasteiger partial charge is 0.485 e. The fraction of sp³-hybridized carbons (Fsp3) is 0.545. The van der Waals surface area contributed by atoms with Crippen molar-refractivity contribution in [3.8, 4) is 5.75 Å². The average Bonchev–Trinajstić information content (AvgIpc) is 3.31. The Morgan fingerprint density at radius 3 is 3.03 bits per heavy atom. The number of aromatic nitrogens is 2. The van der Waals surface area contributed by atoms with E-state index in [-0.39, 0.29) is 23.6 Å². The van der Waals surface area contributed by atoms with Gasteiger partial charge in [0.15, 0.2) is 12.4 Å². The lowest BCUT2D eigenvalue weighted by Crippen LogP contribution is -2.54. The quantitative estimate of drug-likeness (QED) is 0.582. The minimum Gasteiger partial charge on any atom is -0.485 e. The molecule has 1 fully saturated rings. The van der Waals surface area contributed by atoms with Crippen LogP contribution in [0.4, 0.5) is 14.6 Å². The van der Waals surface area contributed by atoms with Crippen molar-refractivity contribution in [3.05, 3.63) is 23.9 Å². The molecule has 0 aliphatic carbocycles. The Morgan fingerprint density at radius 1 is 1.38 bits per heavy atom. The Balaban J connectivity index is 1.56. The van der Waals surface area contributed by atoms with Crippen LogP contribution < -0.4 is 15.4 Å². The lowest BCUT2D eigenvalue weighted by molar-refractivity contribution is -0.129. The standard InChI is InChI=1S/C22H26F2N6O3S/c1-30-5-4-12-6-15(30)21(32)27-10-22(23,24)11-33-20-13(16-7-26-18(9-31)34-16)2-3-14-19(20)29-17(28-12)8-25-14/h2-3,8,12,15-16,31H,4-7,9-11H2,1H3,(H,27,32)(H,28,29)/t12-,15-,16?/m0/s1. The van der Waals surface area contributed by atoms with Crippen molar-refractivity contribution in [1.82, 2.24) is 20.2 Å². The number of thioether (sulfide) groups is 1. The third-order valence-electron chi connectivity index (χ3n) is 6.37. The second-order valence-electron chi connectivity index (χ2n) is 8.83. The van der Waals surface area contributed by atoms with Gasteiger partial charge in [-0.3, -0.25) is 19.7 Å². The zero-order valence-corrected chi connectivity index (χ0v) is 19.4. The minimum atomic E-state index is -3.29. The number of benzene rings is 1. The Kier molecular flexibility index (Phi) is 6.30. The molecule has 0 saturated carbocycles. The summed E-state index contributed by atoms with van der Waals surface area (Å²) >= 11 is 1.38. The molecule has 0 spiro atoms. The molecular weight excluding hydrogens is 466 g/mol. The molecule has 5 rings (SSSR count). The molecule has 0 radical (unpaired) electrons. The van der Waals surface area contributed by atoms with Gasteiger partial charge in [0.2, 0.25) is 5.91 Å². The maximum atomic E-state index is 14.8. The number of nitrogens with one attached hydrogen (secondary N) is 2. The number of carbonyl (C=O) groups is 1. The van der Waals surface area contributed by atoms with Gasteiger partial charge in [0.1, 0.15) is 11.3 Å². The third kappa shape index (κ3) is 4.66. The van der Waals surface area contributed by atoms with Crippen LogP contribution in [0.5, 0.6) is 5.75 Å². The molecule has 12 heteroatoms. The number of halogens is 2. The van der Waals surface area contributed by atoms with E-state index in [0.29, 0.717) is 47.0 Å². The Labute approximate surface area is 199 Å². The Bertz CT molecular complexity index is 1130. The molecular formula is C22H26F2N6O3S. The van der Waals surface area contributed by atoms with Crippen molar-refractivity contribution < 1.29 is 23.4 Å². The van der Waals surface area contributed by atoms with Crippen molar-refractivity contribution in [2.75, 3.05) is 45.2 Å². The summed E-state index contributed by atoms with van der Waals surface area (Å²) < 4.78 is 35.3. The van der Waals surface area contributed by atoms with Crippen LogP contribution in [0.15, 0.2) is 23.3 Å². The molecule has 1 amide bonds. The van der Waals surface area contributed by atoms with E-state index in [1.165, 1.54) is 11.8 Å². The number of alkyl halides is 2. The second kappa shape index (κ2) is 9.23. The molecule has 1 aromatic heterocycles. The van der Waals surface area contributed by atoms with Gasteiger partial charge in [-0.25, -0.2) is 13.8 Å². The molecule has 4 heterocycles.